The summed E-state index contributed by atoms with van der Waals surface area (Å²) in [5, 5.41) is 14.5. The van der Waals surface area contributed by atoms with Gasteiger partial charge in [-0.05, 0) is 113 Å². The van der Waals surface area contributed by atoms with Crippen molar-refractivity contribution in [2.24, 2.45) is 11.8 Å². The van der Waals surface area contributed by atoms with E-state index in [2.05, 4.69) is 36.3 Å². The molecule has 18 nitrogen and oxygen atoms in total. The van der Waals surface area contributed by atoms with Gasteiger partial charge in [0.1, 0.15) is 17.1 Å². The van der Waals surface area contributed by atoms with E-state index in [1.807, 2.05) is 6.07 Å². The molecule has 3 aromatic heterocycles. The van der Waals surface area contributed by atoms with Crippen LogP contribution in [0.4, 0.5) is 23.2 Å². The molecule has 0 spiro atoms. The van der Waals surface area contributed by atoms with Crippen LogP contribution in [0.2, 0.25) is 5.02 Å². The number of likely N-dealkylation sites (tertiary alicyclic amines) is 1. The van der Waals surface area contributed by atoms with Crippen molar-refractivity contribution in [2.45, 2.75) is 121 Å². The SMILES string of the molecule is Cc1cc(F)ccc1Oc1nc(C(F)(F)F)c(Cl)cc1C(=O)Nc1cnn(CCCNC(=O)C2CCC(NC(=O)CCCOC3CCC(OCCNC(=O)[C@H]4CC(=O)N(C)[C@@H]4c4cccnc4)CC3)CC2)c(=O)c1. The van der Waals surface area contributed by atoms with Crippen molar-refractivity contribution >= 4 is 46.8 Å². The Labute approximate surface area is 429 Å². The summed E-state index contributed by atoms with van der Waals surface area (Å²) < 4.78 is 73.4. The van der Waals surface area contributed by atoms with Gasteiger partial charge in [0.2, 0.25) is 29.5 Å². The minimum atomic E-state index is -4.99. The molecule has 4 aromatic rings. The summed E-state index contributed by atoms with van der Waals surface area (Å²) >= 11 is 5.86. The Balaban J connectivity index is 0.732. The highest BCUT2D eigenvalue weighted by Gasteiger charge is 2.43. The van der Waals surface area contributed by atoms with E-state index in [1.54, 1.807) is 30.4 Å². The van der Waals surface area contributed by atoms with Crippen molar-refractivity contribution in [3.8, 4) is 11.6 Å². The molecule has 5 amide bonds. The van der Waals surface area contributed by atoms with Gasteiger partial charge in [-0.3, -0.25) is 33.8 Å². The number of carbonyl (C=O) groups excluding carboxylic acids is 5. The Kier molecular flexibility index (Phi) is 19.1. The van der Waals surface area contributed by atoms with Crippen LogP contribution in [0.3, 0.4) is 0 Å². The fourth-order valence-electron chi connectivity index (χ4n) is 9.49. The minimum Gasteiger partial charge on any atom is -0.438 e. The smallest absolute Gasteiger partial charge is 0.434 e. The van der Waals surface area contributed by atoms with Crippen LogP contribution in [0, 0.1) is 24.6 Å². The van der Waals surface area contributed by atoms with Gasteiger partial charge in [-0.2, -0.15) is 18.3 Å². The summed E-state index contributed by atoms with van der Waals surface area (Å²) in [4.78, 5) is 86.6. The number of amides is 5. The van der Waals surface area contributed by atoms with Gasteiger partial charge in [-0.1, -0.05) is 17.7 Å². The van der Waals surface area contributed by atoms with Gasteiger partial charge < -0.3 is 40.4 Å². The number of rotatable bonds is 21. The molecule has 1 saturated heterocycles. The highest BCUT2D eigenvalue weighted by molar-refractivity contribution is 6.31. The first-order chi connectivity index (χ1) is 35.4. The van der Waals surface area contributed by atoms with E-state index in [0.29, 0.717) is 64.7 Å². The van der Waals surface area contributed by atoms with Crippen molar-refractivity contribution < 1.29 is 55.7 Å². The topological polar surface area (TPSA) is 225 Å². The Bertz CT molecular complexity index is 2680. The number of nitrogens with zero attached hydrogens (tertiary/aromatic N) is 5. The standard InChI is InChI=1S/C51H60ClF4N9O9/c1-30-24-33(53)10-17-41(30)74-50-39(26-40(52)46(63-50)51(54,55)56)49(71)62-35-25-44(68)65(60-29-35)21-5-19-58-47(69)31-8-11-34(12-9-31)61-42(66)7-4-22-72-36-13-15-37(16-14-36)73-23-20-59-48(70)38-27-43(67)64(2)45(38)32-6-3-18-57-28-32/h3,6,10,17-18,24-26,28-29,31,34,36-38,45H,4-5,7-9,11-16,19-23,27H2,1-2H3,(H,58,69)(H,59,70)(H,61,66)(H,62,71)/t31?,34?,36?,37?,38-,45+/m0/s1. The molecule has 0 radical (unpaired) electrons. The molecule has 4 N–H and O–H groups in total. The molecule has 23 heteroatoms. The summed E-state index contributed by atoms with van der Waals surface area (Å²) in [6, 6.07) is 8.38. The zero-order valence-electron chi connectivity index (χ0n) is 41.1. The van der Waals surface area contributed by atoms with Gasteiger partial charge >= 0.3 is 6.18 Å². The number of hydrogen-bond donors (Lipinski definition) is 4. The second-order valence-electron chi connectivity index (χ2n) is 18.8. The third kappa shape index (κ3) is 15.1. The van der Waals surface area contributed by atoms with Crippen molar-refractivity contribution in [3.05, 3.63) is 105 Å². The predicted octanol–water partition coefficient (Wildman–Crippen LogP) is 6.84. The largest absolute Gasteiger partial charge is 0.438 e. The van der Waals surface area contributed by atoms with Crippen LogP contribution in [0.5, 0.6) is 11.6 Å². The summed E-state index contributed by atoms with van der Waals surface area (Å²) in [5.74, 6) is -3.57. The zero-order chi connectivity index (χ0) is 52.9. The van der Waals surface area contributed by atoms with Crippen molar-refractivity contribution in [1.82, 2.24) is 40.6 Å². The van der Waals surface area contributed by atoms with Gasteiger partial charge in [0.05, 0.1) is 47.7 Å². The lowest BCUT2D eigenvalue weighted by Gasteiger charge is -2.29. The Morgan fingerprint density at radius 2 is 1.58 bits per heavy atom. The first-order valence-electron chi connectivity index (χ1n) is 24.8. The van der Waals surface area contributed by atoms with Gasteiger partial charge in [0, 0.05) is 76.6 Å². The minimum absolute atomic E-state index is 0.0235. The number of benzene rings is 1. The van der Waals surface area contributed by atoms with Crippen molar-refractivity contribution in [2.75, 3.05) is 38.7 Å². The summed E-state index contributed by atoms with van der Waals surface area (Å²) in [6.45, 7) is 3.04. The normalized spacial score (nSPS) is 21.0. The number of carbonyl (C=O) groups is 5. The molecular weight excluding hydrogens is 994 g/mol. The molecule has 2 saturated carbocycles. The van der Waals surface area contributed by atoms with Crippen molar-refractivity contribution in [1.29, 1.82) is 0 Å². The molecule has 3 aliphatic rings. The van der Waals surface area contributed by atoms with E-state index in [-0.39, 0.29) is 90.3 Å². The average Bonchev–Trinajstić information content (AvgIpc) is 3.67. The number of aromatic nitrogens is 4. The number of anilines is 1. The number of hydrogen-bond acceptors (Lipinski definition) is 12. The number of halogens is 5. The second kappa shape index (κ2) is 25.6. The Morgan fingerprint density at radius 3 is 2.26 bits per heavy atom. The van der Waals surface area contributed by atoms with Crippen LogP contribution >= 0.6 is 11.6 Å². The lowest BCUT2D eigenvalue weighted by atomic mass is 9.85. The predicted molar refractivity (Wildman–Crippen MR) is 261 cm³/mol. The first kappa shape index (κ1) is 55.2. The maximum Gasteiger partial charge on any atom is 0.434 e. The highest BCUT2D eigenvalue weighted by atomic mass is 35.5. The van der Waals surface area contributed by atoms with Crippen LogP contribution in [0.1, 0.15) is 110 Å². The van der Waals surface area contributed by atoms with Crippen LogP contribution < -0.4 is 31.6 Å². The third-order valence-electron chi connectivity index (χ3n) is 13.5. The molecule has 7 rings (SSSR count). The van der Waals surface area contributed by atoms with E-state index >= 15 is 0 Å². The molecule has 2 atom stereocenters. The lowest BCUT2D eigenvalue weighted by Crippen LogP contribution is -2.41. The van der Waals surface area contributed by atoms with E-state index in [9.17, 15) is 46.3 Å². The fraction of sp³-hybridized carbons (Fsp3) is 0.510. The van der Waals surface area contributed by atoms with Crippen LogP contribution in [-0.4, -0.2) is 106 Å². The molecule has 0 bridgehead atoms. The molecule has 1 aliphatic heterocycles. The van der Waals surface area contributed by atoms with E-state index < -0.39 is 51.5 Å². The van der Waals surface area contributed by atoms with E-state index in [0.717, 1.165) is 60.2 Å². The highest BCUT2D eigenvalue weighted by Crippen LogP contribution is 2.39. The number of alkyl halides is 3. The monoisotopic (exact) mass is 1050 g/mol. The van der Waals surface area contributed by atoms with E-state index in [4.69, 9.17) is 25.8 Å². The van der Waals surface area contributed by atoms with E-state index in [1.165, 1.54) is 19.2 Å². The Hall–Kier alpha value is -6.52. The quantitative estimate of drug-likeness (QED) is 0.0497. The van der Waals surface area contributed by atoms with Gasteiger partial charge in [-0.15, -0.1) is 0 Å². The number of aryl methyl sites for hydroxylation is 2. The van der Waals surface area contributed by atoms with Crippen LogP contribution in [0.25, 0.3) is 0 Å². The molecule has 398 valence electrons. The van der Waals surface area contributed by atoms with Crippen LogP contribution in [-0.2, 0) is 41.4 Å². The summed E-state index contributed by atoms with van der Waals surface area (Å²) in [5.41, 5.74) is -1.63. The maximum atomic E-state index is 13.7. The molecule has 74 heavy (non-hydrogen) atoms. The molecule has 4 heterocycles. The number of nitrogens with one attached hydrogen (secondary N) is 4. The lowest BCUT2D eigenvalue weighted by molar-refractivity contribution is -0.141. The average molecular weight is 1050 g/mol. The molecule has 1 aromatic carbocycles. The number of pyridine rings is 2. The first-order valence-corrected chi connectivity index (χ1v) is 25.1. The molecule has 3 fully saturated rings. The second-order valence-corrected chi connectivity index (χ2v) is 19.2. The van der Waals surface area contributed by atoms with Gasteiger partial charge in [0.25, 0.3) is 11.5 Å². The summed E-state index contributed by atoms with van der Waals surface area (Å²) in [7, 11) is 1.71. The number of ether oxygens (including phenoxy) is 3. The molecule has 0 unspecified atom stereocenters. The van der Waals surface area contributed by atoms with Crippen molar-refractivity contribution in [3.63, 3.8) is 0 Å². The summed E-state index contributed by atoms with van der Waals surface area (Å²) in [6.07, 6.45) is 7.03. The van der Waals surface area contributed by atoms with Gasteiger partial charge in [0.15, 0.2) is 5.69 Å². The third-order valence-corrected chi connectivity index (χ3v) is 13.7. The molecular formula is C51H60ClF4N9O9. The zero-order valence-corrected chi connectivity index (χ0v) is 41.8. The molecule has 2 aliphatic carbocycles. The van der Waals surface area contributed by atoms with Crippen LogP contribution in [0.15, 0.2) is 65.8 Å². The fourth-order valence-corrected chi connectivity index (χ4v) is 9.75. The maximum absolute atomic E-state index is 13.7. The van der Waals surface area contributed by atoms with Gasteiger partial charge in [-0.25, -0.2) is 14.1 Å². The Morgan fingerprint density at radius 1 is 0.865 bits per heavy atom.